The summed E-state index contributed by atoms with van der Waals surface area (Å²) in [5.74, 6) is 0.829. The Labute approximate surface area is 144 Å². The fourth-order valence-corrected chi connectivity index (χ4v) is 3.73. The Balaban J connectivity index is 1.59. The number of benzene rings is 2. The molecule has 2 atom stereocenters. The minimum absolute atomic E-state index is 0.0346. The van der Waals surface area contributed by atoms with Crippen molar-refractivity contribution < 1.29 is 9.15 Å². The molecule has 1 aromatic heterocycles. The first-order valence-electron chi connectivity index (χ1n) is 8.46. The van der Waals surface area contributed by atoms with Crippen molar-refractivity contribution in [2.24, 2.45) is 5.92 Å². The van der Waals surface area contributed by atoms with Gasteiger partial charge in [-0.2, -0.15) is 0 Å². The third-order valence-electron chi connectivity index (χ3n) is 4.97. The van der Waals surface area contributed by atoms with E-state index in [2.05, 4.69) is 30.4 Å². The molecule has 0 fully saturated rings. The van der Waals surface area contributed by atoms with Gasteiger partial charge >= 0.3 is 5.63 Å². The Bertz CT molecular complexity index is 1070. The zero-order valence-electron chi connectivity index (χ0n) is 13.5. The molecule has 0 saturated heterocycles. The molecule has 1 aliphatic heterocycles. The number of hydrogen-bond acceptors (Lipinski definition) is 3. The molecule has 0 bridgehead atoms. The lowest BCUT2D eigenvalue weighted by Crippen LogP contribution is -2.32. The zero-order valence-corrected chi connectivity index (χ0v) is 13.5. The van der Waals surface area contributed by atoms with Crippen molar-refractivity contribution in [3.05, 3.63) is 93.9 Å². The molecule has 0 radical (unpaired) electrons. The first-order valence-corrected chi connectivity index (χ1v) is 8.46. The Hall–Kier alpha value is -3.07. The van der Waals surface area contributed by atoms with E-state index in [1.54, 1.807) is 6.07 Å². The molecule has 1 aliphatic carbocycles. The third kappa shape index (κ3) is 2.31. The number of hydrogen-bond donors (Lipinski definition) is 0. The van der Waals surface area contributed by atoms with Crippen molar-refractivity contribution in [2.45, 2.75) is 12.5 Å². The van der Waals surface area contributed by atoms with Crippen LogP contribution in [0, 0.1) is 5.92 Å². The van der Waals surface area contributed by atoms with E-state index in [9.17, 15) is 4.79 Å². The normalized spacial score (nSPS) is 22.6. The SMILES string of the molecule is O=c1oc2ccccc2c2c1C[C@@H]1/C(=C/c3ccccc3)C=C[C@@H]1O2. The van der Waals surface area contributed by atoms with Crippen LogP contribution in [0.1, 0.15) is 11.1 Å². The Morgan fingerprint density at radius 2 is 1.80 bits per heavy atom. The van der Waals surface area contributed by atoms with E-state index in [1.807, 2.05) is 36.4 Å². The van der Waals surface area contributed by atoms with E-state index in [1.165, 1.54) is 5.57 Å². The van der Waals surface area contributed by atoms with Gasteiger partial charge in [-0.3, -0.25) is 0 Å². The molecule has 25 heavy (non-hydrogen) atoms. The van der Waals surface area contributed by atoms with Crippen molar-refractivity contribution in [1.82, 2.24) is 0 Å². The zero-order chi connectivity index (χ0) is 16.8. The fraction of sp³-hybridized carbons (Fsp3) is 0.136. The fourth-order valence-electron chi connectivity index (χ4n) is 3.73. The summed E-state index contributed by atoms with van der Waals surface area (Å²) in [6.45, 7) is 0. The van der Waals surface area contributed by atoms with Gasteiger partial charge in [0, 0.05) is 5.92 Å². The molecule has 0 N–H and O–H groups in total. The van der Waals surface area contributed by atoms with Crippen LogP contribution in [0.3, 0.4) is 0 Å². The predicted molar refractivity (Wildman–Crippen MR) is 97.7 cm³/mol. The molecule has 2 aromatic carbocycles. The summed E-state index contributed by atoms with van der Waals surface area (Å²) in [6, 6.07) is 17.7. The van der Waals surface area contributed by atoms with Gasteiger partial charge in [-0.25, -0.2) is 4.79 Å². The summed E-state index contributed by atoms with van der Waals surface area (Å²) in [5.41, 5.74) is 3.26. The molecule has 0 unspecified atom stereocenters. The second-order valence-corrected chi connectivity index (χ2v) is 6.50. The maximum absolute atomic E-state index is 12.4. The van der Waals surface area contributed by atoms with Gasteiger partial charge in [-0.05, 0) is 35.8 Å². The standard InChI is InChI=1S/C22H16O3/c23-22-18-13-17-15(12-14-6-2-1-3-7-14)10-11-20(17)24-21(18)16-8-4-5-9-19(16)25-22/h1-12,17,20H,13H2/b15-12+/t17-,20+/m1/s1. The third-order valence-corrected chi connectivity index (χ3v) is 4.97. The topological polar surface area (TPSA) is 39.4 Å². The largest absolute Gasteiger partial charge is 0.484 e. The summed E-state index contributed by atoms with van der Waals surface area (Å²) < 4.78 is 11.7. The quantitative estimate of drug-likeness (QED) is 0.623. The van der Waals surface area contributed by atoms with E-state index in [0.29, 0.717) is 23.3 Å². The molecule has 3 heteroatoms. The number of ether oxygens (including phenoxy) is 1. The molecular formula is C22H16O3. The molecule has 3 nitrogen and oxygen atoms in total. The Morgan fingerprint density at radius 3 is 2.68 bits per heavy atom. The van der Waals surface area contributed by atoms with Crippen LogP contribution in [-0.4, -0.2) is 6.10 Å². The minimum atomic E-state index is -0.293. The number of allylic oxidation sites excluding steroid dienone is 1. The summed E-state index contributed by atoms with van der Waals surface area (Å²) in [5, 5.41) is 0.865. The van der Waals surface area contributed by atoms with Crippen molar-refractivity contribution >= 4 is 17.0 Å². The van der Waals surface area contributed by atoms with Gasteiger partial charge in [0.15, 0.2) is 0 Å². The van der Waals surface area contributed by atoms with Crippen LogP contribution in [0.15, 0.2) is 81.5 Å². The van der Waals surface area contributed by atoms with Gasteiger partial charge < -0.3 is 9.15 Å². The van der Waals surface area contributed by atoms with Gasteiger partial charge in [0.1, 0.15) is 17.4 Å². The molecule has 0 saturated carbocycles. The van der Waals surface area contributed by atoms with E-state index < -0.39 is 0 Å². The smallest absolute Gasteiger partial charge is 0.343 e. The predicted octanol–water partition coefficient (Wildman–Crippen LogP) is 4.37. The lowest BCUT2D eigenvalue weighted by Gasteiger charge is -2.29. The average molecular weight is 328 g/mol. The van der Waals surface area contributed by atoms with E-state index in [0.717, 1.165) is 10.9 Å². The lowest BCUT2D eigenvalue weighted by molar-refractivity contribution is 0.183. The van der Waals surface area contributed by atoms with Crippen LogP contribution in [0.5, 0.6) is 5.75 Å². The molecule has 2 aliphatic rings. The second-order valence-electron chi connectivity index (χ2n) is 6.50. The van der Waals surface area contributed by atoms with E-state index in [4.69, 9.17) is 9.15 Å². The van der Waals surface area contributed by atoms with Gasteiger partial charge in [0.05, 0.1) is 10.9 Å². The summed E-state index contributed by atoms with van der Waals surface area (Å²) in [4.78, 5) is 12.4. The first-order chi connectivity index (χ1) is 12.3. The highest BCUT2D eigenvalue weighted by Crippen LogP contribution is 2.41. The maximum atomic E-state index is 12.4. The highest BCUT2D eigenvalue weighted by Gasteiger charge is 2.36. The van der Waals surface area contributed by atoms with Crippen LogP contribution >= 0.6 is 0 Å². The van der Waals surface area contributed by atoms with Crippen molar-refractivity contribution in [3.63, 3.8) is 0 Å². The first kappa shape index (κ1) is 14.3. The van der Waals surface area contributed by atoms with Gasteiger partial charge in [0.25, 0.3) is 0 Å². The van der Waals surface area contributed by atoms with Crippen LogP contribution in [0.25, 0.3) is 17.0 Å². The lowest BCUT2D eigenvalue weighted by atomic mass is 9.88. The number of para-hydroxylation sites is 1. The van der Waals surface area contributed by atoms with Crippen molar-refractivity contribution in [2.75, 3.05) is 0 Å². The molecule has 122 valence electrons. The molecule has 0 amide bonds. The van der Waals surface area contributed by atoms with Crippen LogP contribution < -0.4 is 10.4 Å². The Kier molecular flexibility index (Phi) is 3.14. The molecular weight excluding hydrogens is 312 g/mol. The summed E-state index contributed by atoms with van der Waals surface area (Å²) in [7, 11) is 0. The highest BCUT2D eigenvalue weighted by molar-refractivity contribution is 5.84. The van der Waals surface area contributed by atoms with Crippen LogP contribution in [0.2, 0.25) is 0 Å². The molecule has 3 aromatic rings. The average Bonchev–Trinajstić information content (AvgIpc) is 3.03. The van der Waals surface area contributed by atoms with Gasteiger partial charge in [-0.1, -0.05) is 54.6 Å². The summed E-state index contributed by atoms with van der Waals surface area (Å²) >= 11 is 0. The van der Waals surface area contributed by atoms with E-state index >= 15 is 0 Å². The number of rotatable bonds is 1. The van der Waals surface area contributed by atoms with Crippen molar-refractivity contribution in [3.8, 4) is 5.75 Å². The minimum Gasteiger partial charge on any atom is -0.484 e. The van der Waals surface area contributed by atoms with Crippen molar-refractivity contribution in [1.29, 1.82) is 0 Å². The molecule has 2 heterocycles. The van der Waals surface area contributed by atoms with E-state index in [-0.39, 0.29) is 17.6 Å². The Morgan fingerprint density at radius 1 is 1.00 bits per heavy atom. The summed E-state index contributed by atoms with van der Waals surface area (Å²) in [6.07, 6.45) is 6.97. The van der Waals surface area contributed by atoms with Crippen LogP contribution in [-0.2, 0) is 6.42 Å². The molecule has 5 rings (SSSR count). The van der Waals surface area contributed by atoms with Gasteiger partial charge in [-0.15, -0.1) is 0 Å². The van der Waals surface area contributed by atoms with Crippen LogP contribution in [0.4, 0.5) is 0 Å². The monoisotopic (exact) mass is 328 g/mol. The maximum Gasteiger partial charge on any atom is 0.343 e. The number of fused-ring (bicyclic) bond motifs is 4. The second kappa shape index (κ2) is 5.49. The molecule has 0 spiro atoms. The highest BCUT2D eigenvalue weighted by atomic mass is 16.5. The van der Waals surface area contributed by atoms with Gasteiger partial charge in [0.2, 0.25) is 0 Å².